The molecule has 0 saturated heterocycles. The van der Waals surface area contributed by atoms with Crippen molar-refractivity contribution in [3.63, 3.8) is 0 Å². The lowest BCUT2D eigenvalue weighted by Crippen LogP contribution is -2.23. The molecule has 100 valence electrons. The summed E-state index contributed by atoms with van der Waals surface area (Å²) in [4.78, 5) is 8.58. The summed E-state index contributed by atoms with van der Waals surface area (Å²) >= 11 is 0. The quantitative estimate of drug-likeness (QED) is 0.470. The maximum atomic E-state index is 9.79. The molecular weight excluding hydrogens is 230 g/mol. The third kappa shape index (κ3) is 2.70. The molecule has 6 nitrogen and oxygen atoms in total. The molecule has 0 radical (unpaired) electrons. The number of rotatable bonds is 4. The van der Waals surface area contributed by atoms with E-state index in [-0.39, 0.29) is 6.10 Å². The minimum absolute atomic E-state index is 0.187. The average molecular weight is 251 g/mol. The first-order valence-corrected chi connectivity index (χ1v) is 6.35. The Hall–Kier alpha value is -1.40. The average Bonchev–Trinajstić information content (AvgIpc) is 2.75. The van der Waals surface area contributed by atoms with Crippen LogP contribution in [0.3, 0.4) is 0 Å². The number of aliphatic hydroxyl groups excluding tert-OH is 1. The van der Waals surface area contributed by atoms with E-state index in [1.807, 2.05) is 13.8 Å². The number of aliphatic hydroxyl groups is 1. The van der Waals surface area contributed by atoms with Gasteiger partial charge in [-0.05, 0) is 26.7 Å². The predicted molar refractivity (Wildman–Crippen MR) is 71.2 cm³/mol. The summed E-state index contributed by atoms with van der Waals surface area (Å²) in [6.45, 7) is 4.49. The van der Waals surface area contributed by atoms with E-state index in [0.29, 0.717) is 17.6 Å². The van der Waals surface area contributed by atoms with Crippen molar-refractivity contribution in [1.82, 2.24) is 9.97 Å². The lowest BCUT2D eigenvalue weighted by atomic mass is 10.1. The molecule has 1 aliphatic rings. The van der Waals surface area contributed by atoms with Crippen LogP contribution in [0.4, 0.5) is 11.6 Å². The number of aryl methyl sites for hydroxylation is 1. The fourth-order valence-electron chi connectivity index (χ4n) is 2.42. The molecule has 0 amide bonds. The van der Waals surface area contributed by atoms with Crippen molar-refractivity contribution >= 4 is 11.6 Å². The van der Waals surface area contributed by atoms with Crippen LogP contribution in [0.5, 0.6) is 0 Å². The first kappa shape index (κ1) is 13.0. The molecule has 2 rings (SSSR count). The van der Waals surface area contributed by atoms with E-state index in [1.165, 1.54) is 0 Å². The molecule has 1 fully saturated rings. The molecule has 0 bridgehead atoms. The summed E-state index contributed by atoms with van der Waals surface area (Å²) in [7, 11) is 0. The van der Waals surface area contributed by atoms with Gasteiger partial charge in [-0.3, -0.25) is 0 Å². The van der Waals surface area contributed by atoms with Gasteiger partial charge in [0.05, 0.1) is 6.10 Å². The second kappa shape index (κ2) is 5.49. The third-order valence-electron chi connectivity index (χ3n) is 3.54. The summed E-state index contributed by atoms with van der Waals surface area (Å²) in [5, 5.41) is 13.1. The van der Waals surface area contributed by atoms with Crippen LogP contribution in [0.25, 0.3) is 0 Å². The standard InChI is InChI=1S/C12H21N5O/c1-7-11(15-8(2)16-12(7)17-13)14-6-9-4-3-5-10(9)18/h9-10,18H,3-6,13H2,1-2H3,(H2,14,15,16,17). The zero-order valence-electron chi connectivity index (χ0n) is 10.9. The van der Waals surface area contributed by atoms with Gasteiger partial charge in [0.2, 0.25) is 0 Å². The molecule has 1 aliphatic carbocycles. The van der Waals surface area contributed by atoms with Gasteiger partial charge in [0, 0.05) is 18.0 Å². The van der Waals surface area contributed by atoms with Crippen LogP contribution in [0, 0.1) is 19.8 Å². The van der Waals surface area contributed by atoms with E-state index in [2.05, 4.69) is 20.7 Å². The summed E-state index contributed by atoms with van der Waals surface area (Å²) in [6, 6.07) is 0. The van der Waals surface area contributed by atoms with Crippen LogP contribution in [0.15, 0.2) is 0 Å². The Kier molecular flexibility index (Phi) is 3.98. The van der Waals surface area contributed by atoms with Crippen molar-refractivity contribution in [2.75, 3.05) is 17.3 Å². The van der Waals surface area contributed by atoms with Crippen molar-refractivity contribution in [2.24, 2.45) is 11.8 Å². The number of hydrazine groups is 1. The number of anilines is 2. The maximum Gasteiger partial charge on any atom is 0.148 e. The number of hydrogen-bond donors (Lipinski definition) is 4. The van der Waals surface area contributed by atoms with Gasteiger partial charge in [-0.15, -0.1) is 0 Å². The summed E-state index contributed by atoms with van der Waals surface area (Å²) in [6.07, 6.45) is 2.89. The highest BCUT2D eigenvalue weighted by Crippen LogP contribution is 2.26. The minimum atomic E-state index is -0.187. The van der Waals surface area contributed by atoms with Crippen molar-refractivity contribution in [3.8, 4) is 0 Å². The fourth-order valence-corrected chi connectivity index (χ4v) is 2.42. The monoisotopic (exact) mass is 251 g/mol. The Morgan fingerprint density at radius 1 is 1.28 bits per heavy atom. The Morgan fingerprint density at radius 3 is 2.61 bits per heavy atom. The normalized spacial score (nSPS) is 23.1. The Morgan fingerprint density at radius 2 is 2.00 bits per heavy atom. The molecule has 18 heavy (non-hydrogen) atoms. The van der Waals surface area contributed by atoms with E-state index in [0.717, 1.165) is 37.2 Å². The lowest BCUT2D eigenvalue weighted by molar-refractivity contribution is 0.138. The van der Waals surface area contributed by atoms with Crippen molar-refractivity contribution < 1.29 is 5.11 Å². The van der Waals surface area contributed by atoms with Crippen molar-refractivity contribution in [3.05, 3.63) is 11.4 Å². The van der Waals surface area contributed by atoms with E-state index >= 15 is 0 Å². The Balaban J connectivity index is 2.06. The van der Waals surface area contributed by atoms with Crippen LogP contribution >= 0.6 is 0 Å². The molecule has 1 heterocycles. The van der Waals surface area contributed by atoms with E-state index < -0.39 is 0 Å². The third-order valence-corrected chi connectivity index (χ3v) is 3.54. The molecular formula is C12H21N5O. The van der Waals surface area contributed by atoms with Gasteiger partial charge < -0.3 is 15.8 Å². The van der Waals surface area contributed by atoms with Crippen molar-refractivity contribution in [1.29, 1.82) is 0 Å². The lowest BCUT2D eigenvalue weighted by Gasteiger charge is -2.17. The smallest absolute Gasteiger partial charge is 0.148 e. The Bertz CT molecular complexity index is 423. The number of aromatic nitrogens is 2. The highest BCUT2D eigenvalue weighted by Gasteiger charge is 2.25. The van der Waals surface area contributed by atoms with Crippen LogP contribution in [0.2, 0.25) is 0 Å². The van der Waals surface area contributed by atoms with Gasteiger partial charge in [-0.1, -0.05) is 6.42 Å². The van der Waals surface area contributed by atoms with E-state index in [1.54, 1.807) is 0 Å². The largest absolute Gasteiger partial charge is 0.393 e. The van der Waals surface area contributed by atoms with Crippen LogP contribution in [0.1, 0.15) is 30.7 Å². The highest BCUT2D eigenvalue weighted by molar-refractivity contribution is 5.56. The van der Waals surface area contributed by atoms with Gasteiger partial charge in [0.15, 0.2) is 0 Å². The first-order valence-electron chi connectivity index (χ1n) is 6.35. The maximum absolute atomic E-state index is 9.79. The molecule has 1 aromatic heterocycles. The molecule has 2 unspecified atom stereocenters. The number of nitrogens with one attached hydrogen (secondary N) is 2. The highest BCUT2D eigenvalue weighted by atomic mass is 16.3. The second-order valence-corrected chi connectivity index (χ2v) is 4.88. The minimum Gasteiger partial charge on any atom is -0.393 e. The van der Waals surface area contributed by atoms with Crippen molar-refractivity contribution in [2.45, 2.75) is 39.2 Å². The van der Waals surface area contributed by atoms with Gasteiger partial charge in [0.1, 0.15) is 17.5 Å². The fraction of sp³-hybridized carbons (Fsp3) is 0.667. The molecule has 5 N–H and O–H groups in total. The second-order valence-electron chi connectivity index (χ2n) is 4.88. The Labute approximate surface area is 107 Å². The summed E-state index contributed by atoms with van der Waals surface area (Å²) in [5.41, 5.74) is 3.47. The predicted octanol–water partition coefficient (Wildman–Crippen LogP) is 0.952. The van der Waals surface area contributed by atoms with Crippen LogP contribution < -0.4 is 16.6 Å². The van der Waals surface area contributed by atoms with E-state index in [9.17, 15) is 5.11 Å². The van der Waals surface area contributed by atoms with Gasteiger partial charge in [-0.25, -0.2) is 15.8 Å². The topological polar surface area (TPSA) is 96.1 Å². The summed E-state index contributed by atoms with van der Waals surface area (Å²) < 4.78 is 0. The molecule has 1 saturated carbocycles. The molecule has 0 spiro atoms. The molecule has 2 atom stereocenters. The number of nitrogens with zero attached hydrogens (tertiary/aromatic N) is 2. The van der Waals surface area contributed by atoms with Gasteiger partial charge in [-0.2, -0.15) is 0 Å². The zero-order valence-corrected chi connectivity index (χ0v) is 10.9. The number of hydrogen-bond acceptors (Lipinski definition) is 6. The summed E-state index contributed by atoms with van der Waals surface area (Å²) in [5.74, 6) is 7.83. The SMILES string of the molecule is Cc1nc(NN)c(C)c(NCC2CCCC2O)n1. The van der Waals surface area contributed by atoms with Crippen LogP contribution in [-0.2, 0) is 0 Å². The molecule has 6 heteroatoms. The number of nitrogen functional groups attached to an aromatic ring is 1. The zero-order chi connectivity index (χ0) is 13.1. The van der Waals surface area contributed by atoms with Gasteiger partial charge >= 0.3 is 0 Å². The van der Waals surface area contributed by atoms with Crippen LogP contribution in [-0.4, -0.2) is 27.7 Å². The van der Waals surface area contributed by atoms with E-state index in [4.69, 9.17) is 5.84 Å². The molecule has 0 aromatic carbocycles. The number of nitrogens with two attached hydrogens (primary N) is 1. The first-order chi connectivity index (χ1) is 8.61. The van der Waals surface area contributed by atoms with Gasteiger partial charge in [0.25, 0.3) is 0 Å². The molecule has 1 aromatic rings. The molecule has 0 aliphatic heterocycles.